The number of hydrogen-bond acceptors (Lipinski definition) is 3. The molecule has 1 amide bonds. The SMILES string of the molecule is Cn1cc(N)c(C(=O)NCCCc2ccccc2)n1. The minimum atomic E-state index is -0.217. The molecule has 0 unspecified atom stereocenters. The molecule has 0 aliphatic carbocycles. The molecule has 3 N–H and O–H groups in total. The van der Waals surface area contributed by atoms with Crippen LogP contribution >= 0.6 is 0 Å². The molecule has 0 aliphatic rings. The molecule has 1 aromatic heterocycles. The Hall–Kier alpha value is -2.30. The van der Waals surface area contributed by atoms with E-state index in [2.05, 4.69) is 22.5 Å². The van der Waals surface area contributed by atoms with Crippen molar-refractivity contribution in [3.63, 3.8) is 0 Å². The highest BCUT2D eigenvalue weighted by Crippen LogP contribution is 2.07. The van der Waals surface area contributed by atoms with Crippen molar-refractivity contribution in [1.29, 1.82) is 0 Å². The second-order valence-corrected chi connectivity index (χ2v) is 4.45. The monoisotopic (exact) mass is 258 g/mol. The summed E-state index contributed by atoms with van der Waals surface area (Å²) in [6, 6.07) is 10.2. The van der Waals surface area contributed by atoms with Crippen molar-refractivity contribution >= 4 is 11.6 Å². The number of benzene rings is 1. The standard InChI is InChI=1S/C14H18N4O/c1-18-10-12(15)13(17-18)14(19)16-9-5-8-11-6-3-2-4-7-11/h2-4,6-7,10H,5,8-9,15H2,1H3,(H,16,19). The Balaban J connectivity index is 1.77. The molecule has 0 bridgehead atoms. The van der Waals surface area contributed by atoms with Crippen LogP contribution in [0.2, 0.25) is 0 Å². The number of carbonyl (C=O) groups excluding carboxylic acids is 1. The maximum atomic E-state index is 11.8. The van der Waals surface area contributed by atoms with Crippen molar-refractivity contribution in [3.05, 3.63) is 47.8 Å². The number of amides is 1. The zero-order chi connectivity index (χ0) is 13.7. The Bertz CT molecular complexity index is 548. The predicted octanol–water partition coefficient (Wildman–Crippen LogP) is 1.36. The van der Waals surface area contributed by atoms with E-state index in [1.54, 1.807) is 13.2 Å². The smallest absolute Gasteiger partial charge is 0.273 e. The van der Waals surface area contributed by atoms with Gasteiger partial charge in [-0.25, -0.2) is 0 Å². The molecular weight excluding hydrogens is 240 g/mol. The van der Waals surface area contributed by atoms with Gasteiger partial charge >= 0.3 is 0 Å². The number of nitrogen functional groups attached to an aromatic ring is 1. The summed E-state index contributed by atoms with van der Waals surface area (Å²) in [4.78, 5) is 11.8. The van der Waals surface area contributed by atoms with Gasteiger partial charge in [0.1, 0.15) is 0 Å². The summed E-state index contributed by atoms with van der Waals surface area (Å²) in [5.74, 6) is -0.217. The van der Waals surface area contributed by atoms with Gasteiger partial charge in [-0.3, -0.25) is 9.48 Å². The van der Waals surface area contributed by atoms with Gasteiger partial charge in [0.15, 0.2) is 5.69 Å². The maximum absolute atomic E-state index is 11.8. The third-order valence-corrected chi connectivity index (χ3v) is 2.84. The average Bonchev–Trinajstić information content (AvgIpc) is 2.75. The number of carbonyl (C=O) groups is 1. The highest BCUT2D eigenvalue weighted by molar-refractivity contribution is 5.96. The molecule has 0 atom stereocenters. The highest BCUT2D eigenvalue weighted by atomic mass is 16.1. The van der Waals surface area contributed by atoms with Crippen LogP contribution in [-0.4, -0.2) is 22.2 Å². The fourth-order valence-electron chi connectivity index (χ4n) is 1.91. The van der Waals surface area contributed by atoms with E-state index >= 15 is 0 Å². The molecular formula is C14H18N4O. The lowest BCUT2D eigenvalue weighted by molar-refractivity contribution is 0.0948. The summed E-state index contributed by atoms with van der Waals surface area (Å²) in [5.41, 5.74) is 7.67. The fraction of sp³-hybridized carbons (Fsp3) is 0.286. The van der Waals surface area contributed by atoms with Crippen LogP contribution in [-0.2, 0) is 13.5 Å². The van der Waals surface area contributed by atoms with Gasteiger partial charge in [-0.15, -0.1) is 0 Å². The lowest BCUT2D eigenvalue weighted by atomic mass is 10.1. The van der Waals surface area contributed by atoms with Gasteiger partial charge in [0.2, 0.25) is 0 Å². The zero-order valence-corrected chi connectivity index (χ0v) is 11.0. The van der Waals surface area contributed by atoms with Crippen molar-refractivity contribution in [3.8, 4) is 0 Å². The van der Waals surface area contributed by atoms with Gasteiger partial charge in [0.05, 0.1) is 5.69 Å². The molecule has 2 aromatic rings. The molecule has 0 radical (unpaired) electrons. The van der Waals surface area contributed by atoms with Gasteiger partial charge in [-0.1, -0.05) is 30.3 Å². The molecule has 2 rings (SSSR count). The topological polar surface area (TPSA) is 72.9 Å². The summed E-state index contributed by atoms with van der Waals surface area (Å²) in [5, 5.41) is 6.86. The summed E-state index contributed by atoms with van der Waals surface area (Å²) in [6.07, 6.45) is 3.46. The first-order valence-electron chi connectivity index (χ1n) is 6.28. The van der Waals surface area contributed by atoms with Gasteiger partial charge in [0, 0.05) is 19.8 Å². The number of nitrogens with one attached hydrogen (secondary N) is 1. The van der Waals surface area contributed by atoms with Crippen LogP contribution in [0.5, 0.6) is 0 Å². The first-order valence-corrected chi connectivity index (χ1v) is 6.28. The van der Waals surface area contributed by atoms with Crippen molar-refractivity contribution in [2.75, 3.05) is 12.3 Å². The zero-order valence-electron chi connectivity index (χ0n) is 11.0. The van der Waals surface area contributed by atoms with E-state index < -0.39 is 0 Å². The minimum absolute atomic E-state index is 0.217. The Morgan fingerprint density at radius 2 is 2.11 bits per heavy atom. The number of nitrogens with two attached hydrogens (primary N) is 1. The van der Waals surface area contributed by atoms with Crippen LogP contribution in [0.25, 0.3) is 0 Å². The number of aryl methyl sites for hydroxylation is 2. The predicted molar refractivity (Wildman–Crippen MR) is 74.7 cm³/mol. The first kappa shape index (κ1) is 13.1. The van der Waals surface area contributed by atoms with Crippen LogP contribution < -0.4 is 11.1 Å². The normalized spacial score (nSPS) is 10.4. The van der Waals surface area contributed by atoms with Gasteiger partial charge in [0.25, 0.3) is 5.91 Å². The van der Waals surface area contributed by atoms with Crippen molar-refractivity contribution in [2.45, 2.75) is 12.8 Å². The van der Waals surface area contributed by atoms with Gasteiger partial charge in [-0.05, 0) is 18.4 Å². The Morgan fingerprint density at radius 1 is 1.37 bits per heavy atom. The third kappa shape index (κ3) is 3.58. The van der Waals surface area contributed by atoms with Crippen molar-refractivity contribution in [2.24, 2.45) is 7.05 Å². The lowest BCUT2D eigenvalue weighted by Gasteiger charge is -2.04. The fourth-order valence-corrected chi connectivity index (χ4v) is 1.91. The van der Waals surface area contributed by atoms with E-state index in [1.807, 2.05) is 18.2 Å². The number of nitrogens with zero attached hydrogens (tertiary/aromatic N) is 2. The summed E-state index contributed by atoms with van der Waals surface area (Å²) in [6.45, 7) is 0.615. The van der Waals surface area contributed by atoms with Crippen LogP contribution in [0.1, 0.15) is 22.5 Å². The maximum Gasteiger partial charge on any atom is 0.273 e. The second kappa shape index (κ2) is 6.04. The quantitative estimate of drug-likeness (QED) is 0.795. The van der Waals surface area contributed by atoms with Crippen molar-refractivity contribution < 1.29 is 4.79 Å². The summed E-state index contributed by atoms with van der Waals surface area (Å²) in [7, 11) is 1.74. The molecule has 5 nitrogen and oxygen atoms in total. The van der Waals surface area contributed by atoms with E-state index in [0.29, 0.717) is 17.9 Å². The Kier molecular flexibility index (Phi) is 4.18. The van der Waals surface area contributed by atoms with Crippen LogP contribution in [0.4, 0.5) is 5.69 Å². The molecule has 1 aromatic carbocycles. The Labute approximate surface area is 112 Å². The largest absolute Gasteiger partial charge is 0.396 e. The van der Waals surface area contributed by atoms with Gasteiger partial charge < -0.3 is 11.1 Å². The number of hydrogen-bond donors (Lipinski definition) is 2. The first-order chi connectivity index (χ1) is 9.16. The summed E-state index contributed by atoms with van der Waals surface area (Å²) < 4.78 is 1.54. The molecule has 1 heterocycles. The lowest BCUT2D eigenvalue weighted by Crippen LogP contribution is -2.26. The minimum Gasteiger partial charge on any atom is -0.396 e. The molecule has 0 fully saturated rings. The van der Waals surface area contributed by atoms with Crippen LogP contribution in [0.15, 0.2) is 36.5 Å². The van der Waals surface area contributed by atoms with Crippen molar-refractivity contribution in [1.82, 2.24) is 15.1 Å². The van der Waals surface area contributed by atoms with E-state index in [0.717, 1.165) is 12.8 Å². The summed E-state index contributed by atoms with van der Waals surface area (Å²) >= 11 is 0. The molecule has 5 heteroatoms. The third-order valence-electron chi connectivity index (χ3n) is 2.84. The second-order valence-electron chi connectivity index (χ2n) is 4.45. The molecule has 19 heavy (non-hydrogen) atoms. The number of anilines is 1. The molecule has 0 aliphatic heterocycles. The molecule has 100 valence electrons. The molecule has 0 saturated heterocycles. The van der Waals surface area contributed by atoms with E-state index in [-0.39, 0.29) is 5.91 Å². The van der Waals surface area contributed by atoms with Crippen LogP contribution in [0.3, 0.4) is 0 Å². The number of rotatable bonds is 5. The Morgan fingerprint density at radius 3 is 2.74 bits per heavy atom. The number of aromatic nitrogens is 2. The van der Waals surface area contributed by atoms with E-state index in [1.165, 1.54) is 10.2 Å². The van der Waals surface area contributed by atoms with Crippen LogP contribution in [0, 0.1) is 0 Å². The van der Waals surface area contributed by atoms with Gasteiger partial charge in [-0.2, -0.15) is 5.10 Å². The molecule has 0 spiro atoms. The van der Waals surface area contributed by atoms with E-state index in [4.69, 9.17) is 5.73 Å². The van der Waals surface area contributed by atoms with E-state index in [9.17, 15) is 4.79 Å². The average molecular weight is 258 g/mol. The highest BCUT2D eigenvalue weighted by Gasteiger charge is 2.12. The molecule has 0 saturated carbocycles.